The molecule has 2 heterocycles. The van der Waals surface area contributed by atoms with Crippen molar-refractivity contribution in [2.24, 2.45) is 5.92 Å². The van der Waals surface area contributed by atoms with Crippen LogP contribution < -0.4 is 0 Å². The Balaban J connectivity index is 1.50. The summed E-state index contributed by atoms with van der Waals surface area (Å²) in [5.74, 6) is -2.23. The number of alkyl halides is 2. The molecule has 0 unspecified atom stereocenters. The van der Waals surface area contributed by atoms with Crippen molar-refractivity contribution < 1.29 is 13.6 Å². The number of likely N-dealkylation sites (tertiary alicyclic amines) is 1. The standard InChI is InChI=1S/C22H27ClF2N2O/c1-26-12-9-16(26)13-27-14-17(21-18(23)3-2-4-19(21)27)20(28)6-5-15-7-10-22(24,25)11-8-15/h2-4,14-16H,5-13H2,1H3/t16-/m0/s1. The number of nitrogens with zero attached hydrogens (tertiary/aromatic N) is 2. The molecule has 1 aromatic carbocycles. The monoisotopic (exact) mass is 408 g/mol. The highest BCUT2D eigenvalue weighted by atomic mass is 35.5. The molecule has 1 atom stereocenters. The van der Waals surface area contributed by atoms with E-state index in [4.69, 9.17) is 11.6 Å². The molecule has 2 aliphatic rings. The smallest absolute Gasteiger partial charge is 0.248 e. The summed E-state index contributed by atoms with van der Waals surface area (Å²) < 4.78 is 28.8. The highest BCUT2D eigenvalue weighted by molar-refractivity contribution is 6.37. The predicted molar refractivity (Wildman–Crippen MR) is 108 cm³/mol. The van der Waals surface area contributed by atoms with Crippen LogP contribution in [0.15, 0.2) is 24.4 Å². The maximum Gasteiger partial charge on any atom is 0.248 e. The van der Waals surface area contributed by atoms with Crippen molar-refractivity contribution in [3.05, 3.63) is 35.0 Å². The van der Waals surface area contributed by atoms with Crippen LogP contribution in [0.25, 0.3) is 10.9 Å². The van der Waals surface area contributed by atoms with Crippen molar-refractivity contribution in [3.63, 3.8) is 0 Å². The van der Waals surface area contributed by atoms with Gasteiger partial charge in [-0.2, -0.15) is 0 Å². The Bertz CT molecular complexity index is 869. The van der Waals surface area contributed by atoms with E-state index in [9.17, 15) is 13.6 Å². The minimum atomic E-state index is -2.52. The van der Waals surface area contributed by atoms with Crippen molar-refractivity contribution in [1.29, 1.82) is 0 Å². The summed E-state index contributed by atoms with van der Waals surface area (Å²) in [7, 11) is 2.12. The molecule has 4 rings (SSSR count). The molecule has 2 aromatic rings. The van der Waals surface area contributed by atoms with E-state index in [-0.39, 0.29) is 24.5 Å². The van der Waals surface area contributed by atoms with Gasteiger partial charge in [-0.05, 0) is 57.3 Å². The number of hydrogen-bond donors (Lipinski definition) is 0. The fourth-order valence-electron chi connectivity index (χ4n) is 4.56. The molecule has 1 aromatic heterocycles. The SMILES string of the molecule is CN1CC[C@H]1Cn1cc(C(=O)CCC2CCC(F)(F)CC2)c2c(Cl)cccc21. The third kappa shape index (κ3) is 3.97. The van der Waals surface area contributed by atoms with Crippen molar-refractivity contribution in [2.45, 2.75) is 63.5 Å². The molecule has 0 radical (unpaired) electrons. The number of hydrogen-bond acceptors (Lipinski definition) is 2. The maximum absolute atomic E-state index is 13.3. The molecule has 152 valence electrons. The number of aromatic nitrogens is 1. The first-order valence-electron chi connectivity index (χ1n) is 10.2. The number of benzene rings is 1. The topological polar surface area (TPSA) is 25.2 Å². The van der Waals surface area contributed by atoms with Gasteiger partial charge in [-0.1, -0.05) is 17.7 Å². The summed E-state index contributed by atoms with van der Waals surface area (Å²) in [4.78, 5) is 15.3. The number of carbonyl (C=O) groups excluding carboxylic acids is 1. The van der Waals surface area contributed by atoms with Gasteiger partial charge < -0.3 is 9.47 Å². The van der Waals surface area contributed by atoms with Crippen LogP contribution in [0.4, 0.5) is 8.78 Å². The number of carbonyl (C=O) groups is 1. The summed E-state index contributed by atoms with van der Waals surface area (Å²) in [6.45, 7) is 1.95. The number of halogens is 3. The van der Waals surface area contributed by atoms with Crippen LogP contribution in [-0.4, -0.2) is 40.8 Å². The molecule has 1 aliphatic carbocycles. The Morgan fingerprint density at radius 2 is 2.00 bits per heavy atom. The molecule has 6 heteroatoms. The first-order chi connectivity index (χ1) is 13.3. The lowest BCUT2D eigenvalue weighted by atomic mass is 9.83. The molecule has 1 aliphatic heterocycles. The first kappa shape index (κ1) is 19.8. The quantitative estimate of drug-likeness (QED) is 0.565. The highest BCUT2D eigenvalue weighted by Crippen LogP contribution is 2.38. The Kier molecular flexibility index (Phi) is 5.49. The molecular weight excluding hydrogens is 382 g/mol. The second-order valence-corrected chi connectivity index (χ2v) is 8.92. The van der Waals surface area contributed by atoms with Gasteiger partial charge in [-0.3, -0.25) is 4.79 Å². The van der Waals surface area contributed by atoms with E-state index < -0.39 is 5.92 Å². The third-order valence-corrected chi connectivity index (χ3v) is 6.93. The van der Waals surface area contributed by atoms with Gasteiger partial charge in [0.05, 0.1) is 10.5 Å². The molecule has 1 saturated heterocycles. The predicted octanol–water partition coefficient (Wildman–Crippen LogP) is 5.79. The number of Topliss-reactive ketones (excluding diaryl/α,β-unsaturated/α-hetero) is 1. The van der Waals surface area contributed by atoms with Gasteiger partial charge in [0.25, 0.3) is 0 Å². The maximum atomic E-state index is 13.3. The average molecular weight is 409 g/mol. The number of rotatable bonds is 6. The summed E-state index contributed by atoms with van der Waals surface area (Å²) in [6.07, 6.45) is 5.10. The van der Waals surface area contributed by atoms with Crippen LogP contribution in [0.5, 0.6) is 0 Å². The minimum Gasteiger partial charge on any atom is -0.345 e. The van der Waals surface area contributed by atoms with E-state index in [1.165, 1.54) is 0 Å². The molecule has 1 saturated carbocycles. The molecular formula is C22H27ClF2N2O. The van der Waals surface area contributed by atoms with E-state index in [1.807, 2.05) is 24.4 Å². The highest BCUT2D eigenvalue weighted by Gasteiger charge is 2.35. The number of fused-ring (bicyclic) bond motifs is 1. The van der Waals surface area contributed by atoms with Gasteiger partial charge in [0.1, 0.15) is 0 Å². The molecule has 0 N–H and O–H groups in total. The first-order valence-corrected chi connectivity index (χ1v) is 10.6. The zero-order valence-corrected chi connectivity index (χ0v) is 17.0. The molecule has 0 bridgehead atoms. The largest absolute Gasteiger partial charge is 0.345 e. The molecule has 0 amide bonds. The lowest BCUT2D eigenvalue weighted by molar-refractivity contribution is -0.0464. The Morgan fingerprint density at radius 1 is 1.25 bits per heavy atom. The van der Waals surface area contributed by atoms with Gasteiger partial charge in [-0.15, -0.1) is 0 Å². The van der Waals surface area contributed by atoms with Crippen LogP contribution in [0.1, 0.15) is 55.3 Å². The summed E-state index contributed by atoms with van der Waals surface area (Å²) in [5.41, 5.74) is 1.66. The van der Waals surface area contributed by atoms with Crippen LogP contribution in [0.3, 0.4) is 0 Å². The summed E-state index contributed by atoms with van der Waals surface area (Å²) in [6, 6.07) is 6.24. The van der Waals surface area contributed by atoms with E-state index in [0.29, 0.717) is 42.3 Å². The molecule has 28 heavy (non-hydrogen) atoms. The average Bonchev–Trinajstić information content (AvgIpc) is 3.04. The second-order valence-electron chi connectivity index (χ2n) is 8.51. The zero-order chi connectivity index (χ0) is 19.9. The summed E-state index contributed by atoms with van der Waals surface area (Å²) >= 11 is 6.45. The normalized spacial score (nSPS) is 23.1. The van der Waals surface area contributed by atoms with Gasteiger partial charge in [-0.25, -0.2) is 8.78 Å². The van der Waals surface area contributed by atoms with Gasteiger partial charge in [0, 0.05) is 49.0 Å². The van der Waals surface area contributed by atoms with Crippen LogP contribution in [-0.2, 0) is 6.54 Å². The fourth-order valence-corrected chi connectivity index (χ4v) is 4.83. The number of likely N-dealkylation sites (N-methyl/N-ethyl adjacent to an activating group) is 1. The van der Waals surface area contributed by atoms with Crippen LogP contribution >= 0.6 is 11.6 Å². The molecule has 3 nitrogen and oxygen atoms in total. The van der Waals surface area contributed by atoms with Gasteiger partial charge in [0.15, 0.2) is 5.78 Å². The zero-order valence-electron chi connectivity index (χ0n) is 16.3. The Labute approximate surface area is 169 Å². The van der Waals surface area contributed by atoms with Crippen LogP contribution in [0.2, 0.25) is 5.02 Å². The van der Waals surface area contributed by atoms with E-state index in [0.717, 1.165) is 30.4 Å². The van der Waals surface area contributed by atoms with Crippen molar-refractivity contribution in [2.75, 3.05) is 13.6 Å². The summed E-state index contributed by atoms with van der Waals surface area (Å²) in [5, 5.41) is 1.42. The van der Waals surface area contributed by atoms with Gasteiger partial charge in [0.2, 0.25) is 5.92 Å². The van der Waals surface area contributed by atoms with E-state index >= 15 is 0 Å². The van der Waals surface area contributed by atoms with Crippen molar-refractivity contribution >= 4 is 28.3 Å². The number of ketones is 1. The Morgan fingerprint density at radius 3 is 2.64 bits per heavy atom. The van der Waals surface area contributed by atoms with Crippen molar-refractivity contribution in [3.8, 4) is 0 Å². The second kappa shape index (κ2) is 7.75. The molecule has 0 spiro atoms. The Hall–Kier alpha value is -1.46. The lowest BCUT2D eigenvalue weighted by Crippen LogP contribution is -2.46. The fraction of sp³-hybridized carbons (Fsp3) is 0.591. The molecule has 2 fully saturated rings. The van der Waals surface area contributed by atoms with Crippen molar-refractivity contribution in [1.82, 2.24) is 9.47 Å². The minimum absolute atomic E-state index is 0.0497. The van der Waals surface area contributed by atoms with E-state index in [1.54, 1.807) is 0 Å². The lowest BCUT2D eigenvalue weighted by Gasteiger charge is -2.38. The van der Waals surface area contributed by atoms with E-state index in [2.05, 4.69) is 16.5 Å². The third-order valence-electron chi connectivity index (χ3n) is 6.62. The van der Waals surface area contributed by atoms with Gasteiger partial charge >= 0.3 is 0 Å². The van der Waals surface area contributed by atoms with Crippen LogP contribution in [0, 0.1) is 5.92 Å².